The zero-order valence-corrected chi connectivity index (χ0v) is 9.67. The number of rotatable bonds is 3. The zero-order chi connectivity index (χ0) is 12.4. The van der Waals surface area contributed by atoms with Crippen LogP contribution in [0.1, 0.15) is 25.0 Å². The fraction of sp³-hybridized carbons (Fsp3) is 0.385. The minimum atomic E-state index is -0.811. The number of β-amino-alcohol motifs (C(OH)–C–C–N with tert-alkyl or cyclic N) is 1. The van der Waals surface area contributed by atoms with Crippen molar-refractivity contribution in [1.29, 1.82) is 0 Å². The summed E-state index contributed by atoms with van der Waals surface area (Å²) in [7, 11) is 0. The van der Waals surface area contributed by atoms with Crippen molar-refractivity contribution in [3.8, 4) is 0 Å². The van der Waals surface area contributed by atoms with Gasteiger partial charge in [0.05, 0.1) is 12.6 Å². The molecule has 1 aromatic carbocycles. The first-order chi connectivity index (χ1) is 8.09. The summed E-state index contributed by atoms with van der Waals surface area (Å²) in [5.41, 5.74) is 0.715. The Bertz CT molecular complexity index is 430. The van der Waals surface area contributed by atoms with Gasteiger partial charge in [0.2, 0.25) is 11.8 Å². The van der Waals surface area contributed by atoms with Gasteiger partial charge in [-0.25, -0.2) is 0 Å². The first kappa shape index (κ1) is 11.8. The third-order valence-electron chi connectivity index (χ3n) is 3.01. The molecule has 1 aliphatic rings. The number of carbonyl (C=O) groups excluding carboxylic acids is 2. The van der Waals surface area contributed by atoms with E-state index in [1.165, 1.54) is 0 Å². The molecule has 0 saturated carbocycles. The molecule has 4 heteroatoms. The highest BCUT2D eigenvalue weighted by Crippen LogP contribution is 2.22. The molecule has 2 rings (SSSR count). The number of aliphatic hydroxyl groups is 1. The molecule has 90 valence electrons. The lowest BCUT2D eigenvalue weighted by molar-refractivity contribution is -0.140. The minimum absolute atomic E-state index is 0.0476. The van der Waals surface area contributed by atoms with Gasteiger partial charge in [0.25, 0.3) is 0 Å². The van der Waals surface area contributed by atoms with E-state index in [0.29, 0.717) is 5.56 Å². The largest absolute Gasteiger partial charge is 0.387 e. The van der Waals surface area contributed by atoms with Gasteiger partial charge in [0, 0.05) is 12.3 Å². The molecule has 0 radical (unpaired) electrons. The molecule has 0 spiro atoms. The van der Waals surface area contributed by atoms with E-state index >= 15 is 0 Å². The van der Waals surface area contributed by atoms with Gasteiger partial charge in [-0.1, -0.05) is 37.3 Å². The van der Waals surface area contributed by atoms with Gasteiger partial charge in [-0.3, -0.25) is 14.5 Å². The number of carbonyl (C=O) groups is 2. The molecule has 2 unspecified atom stereocenters. The van der Waals surface area contributed by atoms with Gasteiger partial charge in [-0.15, -0.1) is 0 Å². The monoisotopic (exact) mass is 233 g/mol. The number of amides is 2. The second-order valence-corrected chi connectivity index (χ2v) is 4.37. The fourth-order valence-electron chi connectivity index (χ4n) is 1.99. The lowest BCUT2D eigenvalue weighted by Crippen LogP contribution is -2.34. The maximum atomic E-state index is 11.7. The molecule has 4 nitrogen and oxygen atoms in total. The molecule has 1 heterocycles. The quantitative estimate of drug-likeness (QED) is 0.796. The Hall–Kier alpha value is -1.68. The average molecular weight is 233 g/mol. The maximum Gasteiger partial charge on any atom is 0.232 e. The Morgan fingerprint density at radius 2 is 2.00 bits per heavy atom. The van der Waals surface area contributed by atoms with Crippen LogP contribution in [0, 0.1) is 5.92 Å². The van der Waals surface area contributed by atoms with E-state index in [2.05, 4.69) is 0 Å². The van der Waals surface area contributed by atoms with Crippen molar-refractivity contribution in [2.45, 2.75) is 19.4 Å². The van der Waals surface area contributed by atoms with Crippen LogP contribution < -0.4 is 0 Å². The molecule has 1 saturated heterocycles. The number of nitrogens with zero attached hydrogens (tertiary/aromatic N) is 1. The van der Waals surface area contributed by atoms with Gasteiger partial charge in [0.15, 0.2) is 0 Å². The first-order valence-electron chi connectivity index (χ1n) is 5.67. The Kier molecular flexibility index (Phi) is 3.24. The number of benzene rings is 1. The Labute approximate surface area is 99.9 Å². The van der Waals surface area contributed by atoms with Crippen LogP contribution in [-0.2, 0) is 9.59 Å². The maximum absolute atomic E-state index is 11.7. The van der Waals surface area contributed by atoms with Crippen LogP contribution in [0.5, 0.6) is 0 Å². The molecule has 1 fully saturated rings. The molecule has 17 heavy (non-hydrogen) atoms. The van der Waals surface area contributed by atoms with Crippen molar-refractivity contribution in [2.24, 2.45) is 5.92 Å². The van der Waals surface area contributed by atoms with Crippen molar-refractivity contribution in [2.75, 3.05) is 6.54 Å². The highest BCUT2D eigenvalue weighted by molar-refractivity contribution is 6.03. The smallest absolute Gasteiger partial charge is 0.232 e. The van der Waals surface area contributed by atoms with Gasteiger partial charge < -0.3 is 5.11 Å². The number of hydrogen-bond donors (Lipinski definition) is 1. The summed E-state index contributed by atoms with van der Waals surface area (Å²) < 4.78 is 0. The summed E-state index contributed by atoms with van der Waals surface area (Å²) in [6.07, 6.45) is -0.560. The van der Waals surface area contributed by atoms with Crippen LogP contribution in [0.2, 0.25) is 0 Å². The summed E-state index contributed by atoms with van der Waals surface area (Å²) in [5.74, 6) is -0.645. The minimum Gasteiger partial charge on any atom is -0.387 e. The molecule has 1 aliphatic heterocycles. The van der Waals surface area contributed by atoms with Gasteiger partial charge in [-0.2, -0.15) is 0 Å². The lowest BCUT2D eigenvalue weighted by Gasteiger charge is -2.19. The highest BCUT2D eigenvalue weighted by Gasteiger charge is 2.36. The summed E-state index contributed by atoms with van der Waals surface area (Å²) in [4.78, 5) is 24.4. The van der Waals surface area contributed by atoms with Crippen molar-refractivity contribution in [3.05, 3.63) is 35.9 Å². The molecular formula is C13H15NO3. The zero-order valence-electron chi connectivity index (χ0n) is 9.67. The average Bonchev–Trinajstić information content (AvgIpc) is 2.57. The molecule has 2 atom stereocenters. The molecule has 2 amide bonds. The van der Waals surface area contributed by atoms with Gasteiger partial charge >= 0.3 is 0 Å². The predicted molar refractivity (Wildman–Crippen MR) is 61.9 cm³/mol. The standard InChI is InChI=1S/C13H15NO3/c1-9-7-12(16)14(13(9)17)8-11(15)10-5-3-2-4-6-10/h2-6,9,11,15H,7-8H2,1H3. The summed E-state index contributed by atoms with van der Waals surface area (Å²) >= 11 is 0. The topological polar surface area (TPSA) is 57.6 Å². The van der Waals surface area contributed by atoms with E-state index in [1.54, 1.807) is 19.1 Å². The molecular weight excluding hydrogens is 218 g/mol. The van der Waals surface area contributed by atoms with Crippen LogP contribution in [0.15, 0.2) is 30.3 Å². The number of likely N-dealkylation sites (tertiary alicyclic amines) is 1. The highest BCUT2D eigenvalue weighted by atomic mass is 16.3. The van der Waals surface area contributed by atoms with Crippen LogP contribution >= 0.6 is 0 Å². The lowest BCUT2D eigenvalue weighted by atomic mass is 10.1. The Morgan fingerprint density at radius 1 is 1.35 bits per heavy atom. The predicted octanol–water partition coefficient (Wildman–Crippen LogP) is 1.11. The Morgan fingerprint density at radius 3 is 2.53 bits per heavy atom. The van der Waals surface area contributed by atoms with E-state index in [1.807, 2.05) is 18.2 Å². The Balaban J connectivity index is 2.07. The van der Waals surface area contributed by atoms with Crippen molar-refractivity contribution >= 4 is 11.8 Å². The normalized spacial score (nSPS) is 22.0. The number of imide groups is 1. The van der Waals surface area contributed by atoms with Crippen LogP contribution in [0.25, 0.3) is 0 Å². The van der Waals surface area contributed by atoms with Gasteiger partial charge in [0.1, 0.15) is 0 Å². The number of aliphatic hydroxyl groups excluding tert-OH is 1. The van der Waals surface area contributed by atoms with Crippen molar-refractivity contribution in [1.82, 2.24) is 4.90 Å². The third-order valence-corrected chi connectivity index (χ3v) is 3.01. The molecule has 0 bridgehead atoms. The van der Waals surface area contributed by atoms with Crippen molar-refractivity contribution in [3.63, 3.8) is 0 Å². The second kappa shape index (κ2) is 4.67. The van der Waals surface area contributed by atoms with Crippen LogP contribution in [0.4, 0.5) is 0 Å². The molecule has 1 aromatic rings. The van der Waals surface area contributed by atoms with Crippen molar-refractivity contribution < 1.29 is 14.7 Å². The van der Waals surface area contributed by atoms with E-state index in [9.17, 15) is 14.7 Å². The van der Waals surface area contributed by atoms with Gasteiger partial charge in [-0.05, 0) is 5.56 Å². The summed E-state index contributed by atoms with van der Waals surface area (Å²) in [6.45, 7) is 1.78. The molecule has 0 aromatic heterocycles. The summed E-state index contributed by atoms with van der Waals surface area (Å²) in [6, 6.07) is 9.03. The molecule has 0 aliphatic carbocycles. The SMILES string of the molecule is CC1CC(=O)N(CC(O)c2ccccc2)C1=O. The van der Waals surface area contributed by atoms with E-state index in [-0.39, 0.29) is 30.7 Å². The molecule has 1 N–H and O–H groups in total. The van der Waals surface area contributed by atoms with Crippen LogP contribution in [-0.4, -0.2) is 28.4 Å². The first-order valence-corrected chi connectivity index (χ1v) is 5.67. The second-order valence-electron chi connectivity index (χ2n) is 4.37. The van der Waals surface area contributed by atoms with E-state index in [4.69, 9.17) is 0 Å². The van der Waals surface area contributed by atoms with E-state index in [0.717, 1.165) is 4.90 Å². The fourth-order valence-corrected chi connectivity index (χ4v) is 1.99. The third kappa shape index (κ3) is 2.36. The van der Waals surface area contributed by atoms with Crippen LogP contribution in [0.3, 0.4) is 0 Å². The van der Waals surface area contributed by atoms with E-state index < -0.39 is 6.10 Å². The summed E-state index contributed by atoms with van der Waals surface area (Å²) in [5, 5.41) is 9.96. The number of hydrogen-bond acceptors (Lipinski definition) is 3.